The highest BCUT2D eigenvalue weighted by molar-refractivity contribution is 6.03. The lowest BCUT2D eigenvalue weighted by Crippen LogP contribution is -2.15. The Balaban J connectivity index is 2.21. The lowest BCUT2D eigenvalue weighted by molar-refractivity contribution is 0.102. The van der Waals surface area contributed by atoms with Gasteiger partial charge in [0.15, 0.2) is 5.69 Å². The Bertz CT molecular complexity index is 614. The SMILES string of the molecule is COc1ccc(NC(=O)c2ccc(N)nn2)c(OC)c1. The molecule has 0 spiro atoms. The fraction of sp³-hybridized carbons (Fsp3) is 0.154. The quantitative estimate of drug-likeness (QED) is 0.872. The van der Waals surface area contributed by atoms with E-state index in [9.17, 15) is 4.79 Å². The van der Waals surface area contributed by atoms with Gasteiger partial charge in [-0.2, -0.15) is 0 Å². The van der Waals surface area contributed by atoms with Gasteiger partial charge in [-0.15, -0.1) is 10.2 Å². The van der Waals surface area contributed by atoms with Gasteiger partial charge in [-0.1, -0.05) is 0 Å². The van der Waals surface area contributed by atoms with Gasteiger partial charge in [-0.25, -0.2) is 0 Å². The Morgan fingerprint density at radius 1 is 1.15 bits per heavy atom. The first-order chi connectivity index (χ1) is 9.63. The average molecular weight is 274 g/mol. The first-order valence-corrected chi connectivity index (χ1v) is 5.76. The van der Waals surface area contributed by atoms with Gasteiger partial charge < -0.3 is 20.5 Å². The molecule has 0 radical (unpaired) electrons. The van der Waals surface area contributed by atoms with E-state index in [4.69, 9.17) is 15.2 Å². The van der Waals surface area contributed by atoms with Crippen molar-refractivity contribution in [1.82, 2.24) is 10.2 Å². The third-order valence-electron chi connectivity index (χ3n) is 2.57. The molecular weight excluding hydrogens is 260 g/mol. The van der Waals surface area contributed by atoms with Crippen LogP contribution in [0.25, 0.3) is 0 Å². The molecule has 0 saturated heterocycles. The molecule has 20 heavy (non-hydrogen) atoms. The van der Waals surface area contributed by atoms with Crippen LogP contribution in [0.5, 0.6) is 11.5 Å². The monoisotopic (exact) mass is 274 g/mol. The molecule has 7 heteroatoms. The van der Waals surface area contributed by atoms with E-state index in [1.165, 1.54) is 19.2 Å². The lowest BCUT2D eigenvalue weighted by Gasteiger charge is -2.11. The lowest BCUT2D eigenvalue weighted by atomic mass is 10.2. The molecule has 1 aromatic carbocycles. The number of amides is 1. The Labute approximate surface area is 115 Å². The van der Waals surface area contributed by atoms with Crippen molar-refractivity contribution in [1.29, 1.82) is 0 Å². The number of ether oxygens (including phenoxy) is 2. The van der Waals surface area contributed by atoms with Crippen LogP contribution < -0.4 is 20.5 Å². The zero-order chi connectivity index (χ0) is 14.5. The van der Waals surface area contributed by atoms with Crippen molar-refractivity contribution >= 4 is 17.4 Å². The number of anilines is 2. The van der Waals surface area contributed by atoms with E-state index in [-0.39, 0.29) is 11.5 Å². The van der Waals surface area contributed by atoms with E-state index >= 15 is 0 Å². The number of carbonyl (C=O) groups is 1. The summed E-state index contributed by atoms with van der Waals surface area (Å²) in [5.41, 5.74) is 6.09. The van der Waals surface area contributed by atoms with Crippen LogP contribution in [0, 0.1) is 0 Å². The highest BCUT2D eigenvalue weighted by Crippen LogP contribution is 2.29. The molecular formula is C13H14N4O3. The maximum Gasteiger partial charge on any atom is 0.276 e. The number of nitrogens with zero attached hydrogens (tertiary/aromatic N) is 2. The van der Waals surface area contributed by atoms with Crippen LogP contribution in [0.3, 0.4) is 0 Å². The summed E-state index contributed by atoms with van der Waals surface area (Å²) in [7, 11) is 3.06. The zero-order valence-electron chi connectivity index (χ0n) is 11.1. The molecule has 0 aliphatic carbocycles. The van der Waals surface area contributed by atoms with Crippen LogP contribution in [0.2, 0.25) is 0 Å². The second-order valence-corrected chi connectivity index (χ2v) is 3.86. The van der Waals surface area contributed by atoms with Crippen molar-refractivity contribution in [2.24, 2.45) is 0 Å². The summed E-state index contributed by atoms with van der Waals surface area (Å²) in [5.74, 6) is 0.970. The van der Waals surface area contributed by atoms with Crippen LogP contribution in [0.1, 0.15) is 10.5 Å². The smallest absolute Gasteiger partial charge is 0.276 e. The second-order valence-electron chi connectivity index (χ2n) is 3.86. The Morgan fingerprint density at radius 3 is 2.55 bits per heavy atom. The highest BCUT2D eigenvalue weighted by Gasteiger charge is 2.12. The van der Waals surface area contributed by atoms with Crippen molar-refractivity contribution in [3.8, 4) is 11.5 Å². The molecule has 0 aliphatic heterocycles. The van der Waals surface area contributed by atoms with Crippen LogP contribution in [0.15, 0.2) is 30.3 Å². The van der Waals surface area contributed by atoms with Crippen LogP contribution in [-0.2, 0) is 0 Å². The number of nitrogens with one attached hydrogen (secondary N) is 1. The molecule has 1 amide bonds. The number of benzene rings is 1. The number of carbonyl (C=O) groups excluding carboxylic acids is 1. The van der Waals surface area contributed by atoms with Crippen molar-refractivity contribution in [3.63, 3.8) is 0 Å². The zero-order valence-corrected chi connectivity index (χ0v) is 11.1. The third kappa shape index (κ3) is 2.94. The van der Waals surface area contributed by atoms with Crippen molar-refractivity contribution in [3.05, 3.63) is 36.0 Å². The maximum atomic E-state index is 12.0. The summed E-state index contributed by atoms with van der Waals surface area (Å²) in [6.07, 6.45) is 0. The average Bonchev–Trinajstić information content (AvgIpc) is 2.48. The number of nitrogens with two attached hydrogens (primary N) is 1. The topological polar surface area (TPSA) is 99.4 Å². The summed E-state index contributed by atoms with van der Waals surface area (Å²) < 4.78 is 10.3. The summed E-state index contributed by atoms with van der Waals surface area (Å²) in [5, 5.41) is 10.0. The van der Waals surface area contributed by atoms with Crippen LogP contribution in [0.4, 0.5) is 11.5 Å². The predicted molar refractivity (Wildman–Crippen MR) is 73.9 cm³/mol. The standard InChI is InChI=1S/C13H14N4O3/c1-19-8-3-4-9(11(7-8)20-2)15-13(18)10-5-6-12(14)17-16-10/h3-7H,1-2H3,(H2,14,17)(H,15,18). The summed E-state index contributed by atoms with van der Waals surface area (Å²) in [6.45, 7) is 0. The molecule has 0 saturated carbocycles. The molecule has 0 fully saturated rings. The molecule has 1 aromatic heterocycles. The van der Waals surface area contributed by atoms with Gasteiger partial charge in [0.25, 0.3) is 5.91 Å². The minimum Gasteiger partial charge on any atom is -0.497 e. The summed E-state index contributed by atoms with van der Waals surface area (Å²) >= 11 is 0. The summed E-state index contributed by atoms with van der Waals surface area (Å²) in [6, 6.07) is 8.07. The Morgan fingerprint density at radius 2 is 1.95 bits per heavy atom. The number of aromatic nitrogens is 2. The number of methoxy groups -OCH3 is 2. The van der Waals surface area contributed by atoms with Crippen molar-refractivity contribution in [2.45, 2.75) is 0 Å². The summed E-state index contributed by atoms with van der Waals surface area (Å²) in [4.78, 5) is 12.0. The molecule has 2 aromatic rings. The van der Waals surface area contributed by atoms with Crippen molar-refractivity contribution in [2.75, 3.05) is 25.3 Å². The van der Waals surface area contributed by atoms with Gasteiger partial charge in [0.05, 0.1) is 19.9 Å². The molecule has 104 valence electrons. The minimum atomic E-state index is -0.402. The molecule has 0 atom stereocenters. The first kappa shape index (κ1) is 13.6. The third-order valence-corrected chi connectivity index (χ3v) is 2.57. The van der Waals surface area contributed by atoms with Crippen LogP contribution in [-0.4, -0.2) is 30.3 Å². The molecule has 2 rings (SSSR count). The van der Waals surface area contributed by atoms with Gasteiger partial charge in [-0.05, 0) is 24.3 Å². The number of hydrogen-bond acceptors (Lipinski definition) is 6. The normalized spacial score (nSPS) is 9.90. The largest absolute Gasteiger partial charge is 0.497 e. The van der Waals surface area contributed by atoms with E-state index in [2.05, 4.69) is 15.5 Å². The minimum absolute atomic E-state index is 0.164. The molecule has 7 nitrogen and oxygen atoms in total. The fourth-order valence-corrected chi connectivity index (χ4v) is 1.55. The number of hydrogen-bond donors (Lipinski definition) is 2. The van der Waals surface area contributed by atoms with Gasteiger partial charge >= 0.3 is 0 Å². The van der Waals surface area contributed by atoms with E-state index in [1.54, 1.807) is 25.3 Å². The molecule has 3 N–H and O–H groups in total. The molecule has 0 unspecified atom stereocenters. The maximum absolute atomic E-state index is 12.0. The van der Waals surface area contributed by atoms with Crippen molar-refractivity contribution < 1.29 is 14.3 Å². The van der Waals surface area contributed by atoms with E-state index in [0.717, 1.165) is 0 Å². The fourth-order valence-electron chi connectivity index (χ4n) is 1.55. The van der Waals surface area contributed by atoms with Gasteiger partial charge in [0.2, 0.25) is 0 Å². The predicted octanol–water partition coefficient (Wildman–Crippen LogP) is 1.33. The molecule has 0 aliphatic rings. The first-order valence-electron chi connectivity index (χ1n) is 5.76. The van der Waals surface area contributed by atoms with E-state index in [1.807, 2.05) is 0 Å². The van der Waals surface area contributed by atoms with E-state index < -0.39 is 5.91 Å². The van der Waals surface area contributed by atoms with E-state index in [0.29, 0.717) is 17.2 Å². The second kappa shape index (κ2) is 5.87. The number of rotatable bonds is 4. The van der Waals surface area contributed by atoms with Crippen LogP contribution >= 0.6 is 0 Å². The number of nitrogen functional groups attached to an aromatic ring is 1. The molecule has 0 bridgehead atoms. The highest BCUT2D eigenvalue weighted by atomic mass is 16.5. The Hall–Kier alpha value is -2.83. The molecule has 1 heterocycles. The van der Waals surface area contributed by atoms with Gasteiger partial charge in [0, 0.05) is 6.07 Å². The van der Waals surface area contributed by atoms with Gasteiger partial charge in [0.1, 0.15) is 17.3 Å². The Kier molecular flexibility index (Phi) is 3.99. The van der Waals surface area contributed by atoms with Gasteiger partial charge in [-0.3, -0.25) is 4.79 Å².